The van der Waals surface area contributed by atoms with Crippen LogP contribution in [0.15, 0.2) is 48.5 Å². The average molecular weight is 271 g/mol. The van der Waals surface area contributed by atoms with Crippen LogP contribution in [0.4, 0.5) is 0 Å². The van der Waals surface area contributed by atoms with E-state index in [1.54, 1.807) is 0 Å². The number of nitrogens with zero attached hydrogens (tertiary/aromatic N) is 1. The first-order chi connectivity index (χ1) is 9.20. The molecule has 96 valence electrons. The molecule has 2 rings (SSSR count). The molecule has 0 aliphatic carbocycles. The summed E-state index contributed by atoms with van der Waals surface area (Å²) in [6.07, 6.45) is 0. The molecule has 0 radical (unpaired) electrons. The van der Waals surface area contributed by atoms with E-state index in [9.17, 15) is 0 Å². The second-order valence-electron chi connectivity index (χ2n) is 4.43. The van der Waals surface area contributed by atoms with E-state index in [1.165, 1.54) is 0 Å². The van der Waals surface area contributed by atoms with E-state index < -0.39 is 0 Å². The molecule has 0 saturated carbocycles. The van der Waals surface area contributed by atoms with Crippen molar-refractivity contribution in [3.63, 3.8) is 0 Å². The minimum Gasteiger partial charge on any atom is -0.306 e. The zero-order valence-corrected chi connectivity index (χ0v) is 11.5. The van der Waals surface area contributed by atoms with Crippen LogP contribution in [-0.2, 0) is 6.54 Å². The fraction of sp³-hybridized carbons (Fsp3) is 0.188. The van der Waals surface area contributed by atoms with Gasteiger partial charge in [-0.1, -0.05) is 41.9 Å². The molecule has 2 aromatic carbocycles. The van der Waals surface area contributed by atoms with E-state index in [-0.39, 0.29) is 6.04 Å². The van der Waals surface area contributed by atoms with Crippen LogP contribution in [0.5, 0.6) is 0 Å². The third kappa shape index (κ3) is 3.57. The van der Waals surface area contributed by atoms with Crippen LogP contribution in [0.2, 0.25) is 5.02 Å². The van der Waals surface area contributed by atoms with Crippen LogP contribution < -0.4 is 5.32 Å². The zero-order valence-electron chi connectivity index (χ0n) is 10.7. The van der Waals surface area contributed by atoms with Crippen molar-refractivity contribution in [1.29, 1.82) is 5.26 Å². The number of hydrogen-bond donors (Lipinski definition) is 1. The maximum atomic E-state index is 8.75. The van der Waals surface area contributed by atoms with Crippen molar-refractivity contribution in [2.75, 3.05) is 0 Å². The molecular formula is C16H15ClN2. The quantitative estimate of drug-likeness (QED) is 0.909. The topological polar surface area (TPSA) is 35.8 Å². The van der Waals surface area contributed by atoms with Gasteiger partial charge < -0.3 is 5.32 Å². The third-order valence-electron chi connectivity index (χ3n) is 3.07. The minimum absolute atomic E-state index is 0.185. The highest BCUT2D eigenvalue weighted by atomic mass is 35.5. The van der Waals surface area contributed by atoms with Gasteiger partial charge in [-0.2, -0.15) is 5.26 Å². The normalized spacial score (nSPS) is 11.8. The third-order valence-corrected chi connectivity index (χ3v) is 3.41. The Bertz CT molecular complexity index is 584. The van der Waals surface area contributed by atoms with Crippen molar-refractivity contribution < 1.29 is 0 Å². The molecule has 0 amide bonds. The molecule has 0 bridgehead atoms. The highest BCUT2D eigenvalue weighted by molar-refractivity contribution is 6.31. The molecule has 0 heterocycles. The fourth-order valence-electron chi connectivity index (χ4n) is 1.90. The highest BCUT2D eigenvalue weighted by Gasteiger charge is 2.08. The molecule has 2 nitrogen and oxygen atoms in total. The highest BCUT2D eigenvalue weighted by Crippen LogP contribution is 2.22. The lowest BCUT2D eigenvalue weighted by Gasteiger charge is -2.15. The van der Waals surface area contributed by atoms with Crippen molar-refractivity contribution >= 4 is 11.6 Å². The molecular weight excluding hydrogens is 256 g/mol. The first-order valence-corrected chi connectivity index (χ1v) is 6.55. The van der Waals surface area contributed by atoms with Crippen molar-refractivity contribution in [2.24, 2.45) is 0 Å². The van der Waals surface area contributed by atoms with Gasteiger partial charge in [-0.25, -0.2) is 0 Å². The van der Waals surface area contributed by atoms with E-state index in [0.29, 0.717) is 5.56 Å². The van der Waals surface area contributed by atoms with Gasteiger partial charge in [0.2, 0.25) is 0 Å². The Hall–Kier alpha value is -1.82. The first-order valence-electron chi connectivity index (χ1n) is 6.17. The van der Waals surface area contributed by atoms with E-state index in [2.05, 4.69) is 18.3 Å². The van der Waals surface area contributed by atoms with E-state index in [4.69, 9.17) is 16.9 Å². The first kappa shape index (κ1) is 13.6. The van der Waals surface area contributed by atoms with Crippen LogP contribution in [0, 0.1) is 11.3 Å². The monoisotopic (exact) mass is 270 g/mol. The number of nitrogens with one attached hydrogen (secondary N) is 1. The summed E-state index contributed by atoms with van der Waals surface area (Å²) in [6.45, 7) is 2.84. The number of nitriles is 1. The van der Waals surface area contributed by atoms with Crippen molar-refractivity contribution in [2.45, 2.75) is 19.5 Å². The lowest BCUT2D eigenvalue weighted by Crippen LogP contribution is -2.18. The lowest BCUT2D eigenvalue weighted by molar-refractivity contribution is 0.575. The van der Waals surface area contributed by atoms with Gasteiger partial charge in [0.25, 0.3) is 0 Å². The second-order valence-corrected chi connectivity index (χ2v) is 4.84. The number of rotatable bonds is 4. The summed E-state index contributed by atoms with van der Waals surface area (Å²) in [5.74, 6) is 0. The maximum Gasteiger partial charge on any atom is 0.0991 e. The van der Waals surface area contributed by atoms with Crippen molar-refractivity contribution in [3.05, 3.63) is 70.2 Å². The van der Waals surface area contributed by atoms with Gasteiger partial charge in [-0.15, -0.1) is 0 Å². The van der Waals surface area contributed by atoms with Crippen LogP contribution in [-0.4, -0.2) is 0 Å². The Labute approximate surface area is 118 Å². The Balaban J connectivity index is 1.98. The molecule has 0 aromatic heterocycles. The van der Waals surface area contributed by atoms with E-state index >= 15 is 0 Å². The average Bonchev–Trinajstić information content (AvgIpc) is 2.46. The summed E-state index contributed by atoms with van der Waals surface area (Å²) in [7, 11) is 0. The summed E-state index contributed by atoms with van der Waals surface area (Å²) in [6, 6.07) is 17.7. The Morgan fingerprint density at radius 3 is 2.47 bits per heavy atom. The molecule has 0 fully saturated rings. The molecule has 0 aliphatic heterocycles. The smallest absolute Gasteiger partial charge is 0.0991 e. The lowest BCUT2D eigenvalue weighted by atomic mass is 10.1. The molecule has 3 heteroatoms. The molecule has 0 saturated heterocycles. The van der Waals surface area contributed by atoms with Crippen LogP contribution >= 0.6 is 11.6 Å². The SMILES string of the molecule is C[C@H](NCc1ccc(C#N)cc1)c1ccccc1Cl. The van der Waals surface area contributed by atoms with Gasteiger partial charge >= 0.3 is 0 Å². The van der Waals surface area contributed by atoms with Gasteiger partial charge in [0.1, 0.15) is 0 Å². The van der Waals surface area contributed by atoms with Crippen LogP contribution in [0.1, 0.15) is 29.7 Å². The summed E-state index contributed by atoms with van der Waals surface area (Å²) in [5, 5.41) is 13.0. The van der Waals surface area contributed by atoms with Gasteiger partial charge in [0.05, 0.1) is 11.6 Å². The molecule has 0 unspecified atom stereocenters. The van der Waals surface area contributed by atoms with Crippen LogP contribution in [0.3, 0.4) is 0 Å². The zero-order chi connectivity index (χ0) is 13.7. The predicted octanol–water partition coefficient (Wildman–Crippen LogP) is 4.06. The number of hydrogen-bond acceptors (Lipinski definition) is 2. The summed E-state index contributed by atoms with van der Waals surface area (Å²) < 4.78 is 0. The Kier molecular flexibility index (Phi) is 4.57. The largest absolute Gasteiger partial charge is 0.306 e. The van der Waals surface area contributed by atoms with Crippen molar-refractivity contribution in [1.82, 2.24) is 5.32 Å². The minimum atomic E-state index is 0.185. The molecule has 2 aromatic rings. The summed E-state index contributed by atoms with van der Waals surface area (Å²) in [4.78, 5) is 0. The second kappa shape index (κ2) is 6.38. The Morgan fingerprint density at radius 2 is 1.84 bits per heavy atom. The van der Waals surface area contributed by atoms with Gasteiger partial charge in [-0.3, -0.25) is 0 Å². The molecule has 1 N–H and O–H groups in total. The van der Waals surface area contributed by atoms with E-state index in [1.807, 2.05) is 48.5 Å². The van der Waals surface area contributed by atoms with E-state index in [0.717, 1.165) is 22.7 Å². The number of benzene rings is 2. The fourth-order valence-corrected chi connectivity index (χ4v) is 2.20. The molecule has 19 heavy (non-hydrogen) atoms. The molecule has 1 atom stereocenters. The maximum absolute atomic E-state index is 8.75. The molecule has 0 spiro atoms. The van der Waals surface area contributed by atoms with Gasteiger partial charge in [-0.05, 0) is 36.2 Å². The summed E-state index contributed by atoms with van der Waals surface area (Å²) >= 11 is 6.16. The molecule has 0 aliphatic rings. The van der Waals surface area contributed by atoms with Gasteiger partial charge in [0, 0.05) is 17.6 Å². The van der Waals surface area contributed by atoms with Crippen LogP contribution in [0.25, 0.3) is 0 Å². The van der Waals surface area contributed by atoms with Crippen molar-refractivity contribution in [3.8, 4) is 6.07 Å². The van der Waals surface area contributed by atoms with Gasteiger partial charge in [0.15, 0.2) is 0 Å². The standard InChI is InChI=1S/C16H15ClN2/c1-12(15-4-2-3-5-16(15)17)19-11-14-8-6-13(10-18)7-9-14/h2-9,12,19H,11H2,1H3/t12-/m0/s1. The predicted molar refractivity (Wildman–Crippen MR) is 77.9 cm³/mol. The summed E-state index contributed by atoms with van der Waals surface area (Å²) in [5.41, 5.74) is 2.93. The Morgan fingerprint density at radius 1 is 1.16 bits per heavy atom. The number of halogens is 1.